The molecule has 1 aliphatic carbocycles. The third-order valence-corrected chi connectivity index (χ3v) is 4.16. The van der Waals surface area contributed by atoms with Crippen LogP contribution in [0.25, 0.3) is 10.7 Å². The van der Waals surface area contributed by atoms with Gasteiger partial charge in [0, 0.05) is 24.4 Å². The molecule has 0 atom stereocenters. The van der Waals surface area contributed by atoms with Gasteiger partial charge >= 0.3 is 0 Å². The fraction of sp³-hybridized carbons (Fsp3) is 0.500. The molecule has 1 aliphatic rings. The van der Waals surface area contributed by atoms with Gasteiger partial charge in [0.25, 0.3) is 0 Å². The van der Waals surface area contributed by atoms with Crippen LogP contribution >= 0.6 is 11.3 Å². The number of aryl methyl sites for hydroxylation is 1. The molecule has 0 spiro atoms. The Hall–Kier alpha value is -1.20. The van der Waals surface area contributed by atoms with E-state index in [0.29, 0.717) is 5.92 Å². The summed E-state index contributed by atoms with van der Waals surface area (Å²) in [5.41, 5.74) is 2.42. The van der Waals surface area contributed by atoms with Crippen LogP contribution in [0.4, 0.5) is 0 Å². The zero-order valence-corrected chi connectivity index (χ0v) is 10.9. The summed E-state index contributed by atoms with van der Waals surface area (Å²) < 4.78 is 2.03. The SMILES string of the molecule is CNCc1sc(-c2cncn2C)nc1C1CC1. The number of imidazole rings is 1. The maximum Gasteiger partial charge on any atom is 0.142 e. The summed E-state index contributed by atoms with van der Waals surface area (Å²) in [4.78, 5) is 10.4. The van der Waals surface area contributed by atoms with Gasteiger partial charge in [0.15, 0.2) is 0 Å². The highest BCUT2D eigenvalue weighted by molar-refractivity contribution is 7.15. The summed E-state index contributed by atoms with van der Waals surface area (Å²) in [7, 11) is 4.00. The molecule has 4 nitrogen and oxygen atoms in total. The van der Waals surface area contributed by atoms with Crippen molar-refractivity contribution in [3.63, 3.8) is 0 Å². The van der Waals surface area contributed by atoms with Gasteiger partial charge in [-0.05, 0) is 19.9 Å². The lowest BCUT2D eigenvalue weighted by molar-refractivity contribution is 0.813. The van der Waals surface area contributed by atoms with Gasteiger partial charge < -0.3 is 9.88 Å². The Kier molecular flexibility index (Phi) is 2.72. The Balaban J connectivity index is 2.00. The van der Waals surface area contributed by atoms with Crippen molar-refractivity contribution in [1.82, 2.24) is 19.9 Å². The minimum Gasteiger partial charge on any atom is -0.332 e. The van der Waals surface area contributed by atoms with E-state index in [2.05, 4.69) is 10.3 Å². The first-order valence-electron chi connectivity index (χ1n) is 5.90. The molecule has 0 saturated heterocycles. The summed E-state index contributed by atoms with van der Waals surface area (Å²) in [6.45, 7) is 0.918. The predicted octanol–water partition coefficient (Wildman–Crippen LogP) is 2.14. The van der Waals surface area contributed by atoms with E-state index in [1.165, 1.54) is 23.4 Å². The van der Waals surface area contributed by atoms with Gasteiger partial charge in [-0.15, -0.1) is 11.3 Å². The normalized spacial score (nSPS) is 15.4. The molecule has 1 N–H and O–H groups in total. The minimum atomic E-state index is 0.705. The molecule has 0 unspecified atom stereocenters. The van der Waals surface area contributed by atoms with Crippen molar-refractivity contribution in [3.05, 3.63) is 23.1 Å². The van der Waals surface area contributed by atoms with Crippen LogP contribution in [0.15, 0.2) is 12.5 Å². The van der Waals surface area contributed by atoms with Crippen LogP contribution in [0.5, 0.6) is 0 Å². The number of rotatable bonds is 4. The average Bonchev–Trinajstić information content (AvgIpc) is 2.94. The van der Waals surface area contributed by atoms with E-state index in [9.17, 15) is 0 Å². The first kappa shape index (κ1) is 10.9. The summed E-state index contributed by atoms with van der Waals surface area (Å²) in [6.07, 6.45) is 6.31. The molecule has 0 radical (unpaired) electrons. The van der Waals surface area contributed by atoms with E-state index in [4.69, 9.17) is 4.98 Å². The molecule has 2 heterocycles. The van der Waals surface area contributed by atoms with Crippen molar-refractivity contribution in [1.29, 1.82) is 0 Å². The summed E-state index contributed by atoms with van der Waals surface area (Å²) >= 11 is 1.79. The lowest BCUT2D eigenvalue weighted by atomic mass is 10.2. The van der Waals surface area contributed by atoms with Crippen LogP contribution in [0.1, 0.15) is 29.3 Å². The second-order valence-corrected chi connectivity index (χ2v) is 5.61. The van der Waals surface area contributed by atoms with Gasteiger partial charge in [-0.25, -0.2) is 9.97 Å². The lowest BCUT2D eigenvalue weighted by Crippen LogP contribution is -2.05. The Bertz CT molecular complexity index is 524. The van der Waals surface area contributed by atoms with Crippen molar-refractivity contribution in [3.8, 4) is 10.7 Å². The van der Waals surface area contributed by atoms with Crippen LogP contribution in [-0.4, -0.2) is 21.6 Å². The Morgan fingerprint density at radius 1 is 1.53 bits per heavy atom. The molecule has 5 heteroatoms. The second kappa shape index (κ2) is 4.23. The zero-order valence-electron chi connectivity index (χ0n) is 10.1. The predicted molar refractivity (Wildman–Crippen MR) is 69.1 cm³/mol. The molecule has 3 rings (SSSR count). The van der Waals surface area contributed by atoms with E-state index in [0.717, 1.165) is 17.2 Å². The number of hydrogen-bond acceptors (Lipinski definition) is 4. The number of nitrogens with zero attached hydrogens (tertiary/aromatic N) is 3. The Labute approximate surface area is 105 Å². The molecule has 2 aromatic rings. The Morgan fingerprint density at radius 3 is 2.94 bits per heavy atom. The van der Waals surface area contributed by atoms with E-state index < -0.39 is 0 Å². The number of thiazole rings is 1. The molecule has 17 heavy (non-hydrogen) atoms. The summed E-state index contributed by atoms with van der Waals surface area (Å²) in [5.74, 6) is 0.705. The number of hydrogen-bond donors (Lipinski definition) is 1. The maximum atomic E-state index is 4.81. The van der Waals surface area contributed by atoms with E-state index in [1.54, 1.807) is 11.3 Å². The van der Waals surface area contributed by atoms with E-state index >= 15 is 0 Å². The second-order valence-electron chi connectivity index (χ2n) is 4.52. The molecular weight excluding hydrogens is 232 g/mol. The van der Waals surface area contributed by atoms with Crippen molar-refractivity contribution in [2.75, 3.05) is 7.05 Å². The van der Waals surface area contributed by atoms with Gasteiger partial charge in [-0.3, -0.25) is 0 Å². The smallest absolute Gasteiger partial charge is 0.142 e. The van der Waals surface area contributed by atoms with Crippen LogP contribution in [0, 0.1) is 0 Å². The lowest BCUT2D eigenvalue weighted by Gasteiger charge is -1.97. The number of nitrogens with one attached hydrogen (secondary N) is 1. The van der Waals surface area contributed by atoms with Gasteiger partial charge in [0.05, 0.1) is 23.9 Å². The molecule has 0 amide bonds. The molecule has 0 aliphatic heterocycles. The molecule has 0 aromatic carbocycles. The van der Waals surface area contributed by atoms with Crippen LogP contribution < -0.4 is 5.32 Å². The van der Waals surface area contributed by atoms with Crippen LogP contribution in [-0.2, 0) is 13.6 Å². The fourth-order valence-corrected chi connectivity index (χ4v) is 3.21. The molecular formula is C12H16N4S. The first-order valence-corrected chi connectivity index (χ1v) is 6.72. The highest BCUT2D eigenvalue weighted by atomic mass is 32.1. The van der Waals surface area contributed by atoms with Crippen molar-refractivity contribution in [2.45, 2.75) is 25.3 Å². The van der Waals surface area contributed by atoms with Crippen molar-refractivity contribution in [2.24, 2.45) is 7.05 Å². The molecule has 1 fully saturated rings. The van der Waals surface area contributed by atoms with Gasteiger partial charge in [-0.1, -0.05) is 0 Å². The number of aromatic nitrogens is 3. The highest BCUT2D eigenvalue weighted by Gasteiger charge is 2.29. The molecule has 0 bridgehead atoms. The molecule has 2 aromatic heterocycles. The third-order valence-electron chi connectivity index (χ3n) is 3.06. The summed E-state index contributed by atoms with van der Waals surface area (Å²) in [5, 5.41) is 4.32. The maximum absolute atomic E-state index is 4.81. The fourth-order valence-electron chi connectivity index (χ4n) is 2.00. The highest BCUT2D eigenvalue weighted by Crippen LogP contribution is 2.44. The first-order chi connectivity index (χ1) is 8.29. The summed E-state index contributed by atoms with van der Waals surface area (Å²) in [6, 6.07) is 0. The molecule has 90 valence electrons. The van der Waals surface area contributed by atoms with Gasteiger partial charge in [0.1, 0.15) is 5.01 Å². The topological polar surface area (TPSA) is 42.7 Å². The van der Waals surface area contributed by atoms with Crippen molar-refractivity contribution >= 4 is 11.3 Å². The molecule has 1 saturated carbocycles. The largest absolute Gasteiger partial charge is 0.332 e. The van der Waals surface area contributed by atoms with Crippen LogP contribution in [0.3, 0.4) is 0 Å². The van der Waals surface area contributed by atoms with Crippen molar-refractivity contribution < 1.29 is 0 Å². The average molecular weight is 248 g/mol. The van der Waals surface area contributed by atoms with Gasteiger partial charge in [0.2, 0.25) is 0 Å². The Morgan fingerprint density at radius 2 is 2.35 bits per heavy atom. The van der Waals surface area contributed by atoms with E-state index in [1.807, 2.05) is 31.2 Å². The van der Waals surface area contributed by atoms with Gasteiger partial charge in [-0.2, -0.15) is 0 Å². The van der Waals surface area contributed by atoms with E-state index in [-0.39, 0.29) is 0 Å². The van der Waals surface area contributed by atoms with Crippen LogP contribution in [0.2, 0.25) is 0 Å². The minimum absolute atomic E-state index is 0.705. The standard InChI is InChI=1S/C12H16N4S/c1-13-6-10-11(8-3-4-8)15-12(17-10)9-5-14-7-16(9)2/h5,7-8,13H,3-4,6H2,1-2H3. The third kappa shape index (κ3) is 2.00. The quantitative estimate of drug-likeness (QED) is 0.901. The zero-order chi connectivity index (χ0) is 11.8. The monoisotopic (exact) mass is 248 g/mol.